The molecule has 0 aromatic carbocycles. The molecule has 0 aromatic rings. The fourth-order valence-electron chi connectivity index (χ4n) is 7.09. The van der Waals surface area contributed by atoms with Gasteiger partial charge in [-0.1, -0.05) is 246 Å². The van der Waals surface area contributed by atoms with Crippen molar-refractivity contribution in [3.8, 4) is 0 Å². The van der Waals surface area contributed by atoms with Gasteiger partial charge >= 0.3 is 17.9 Å². The van der Waals surface area contributed by atoms with E-state index in [1.807, 2.05) is 6.08 Å². The standard InChI is InChI=1S/C73H106O6/c1-4-7-10-13-16-19-22-25-27-28-29-30-31-32-33-34-35-36-37-38-39-40-41-42-43-44-46-48-51-54-57-60-63-66-72(75)78-69-70(68-77-71(74)65-62-59-56-53-50-47-24-21-18-15-12-9-6-3)79-73(76)67-64-61-58-55-52-49-45-26-23-20-17-14-11-8-5-2/h7-12,16-21,25-27,29-30,32-33,35-36,38-39,41-42,44-47,50-52,54-55,61,64,70H,4-6,13-15,22-24,28,31,34,37,40,43,48-49,53,56-60,62-63,65-69H2,1-3H3/b10-7-,11-8-,12-9-,19-16-,20-17-,21-18-,27-25-,30-29-,33-32-,36-35-,39-38-,42-41-,45-26-,46-44-,50-47-,54-51-,55-52-,64-61-. The first-order valence-electron chi connectivity index (χ1n) is 30.2. The molecule has 0 heterocycles. The van der Waals surface area contributed by atoms with Crippen LogP contribution in [0, 0.1) is 0 Å². The van der Waals surface area contributed by atoms with Crippen molar-refractivity contribution in [2.75, 3.05) is 13.2 Å². The molecule has 6 heteroatoms. The molecule has 0 bridgehead atoms. The maximum Gasteiger partial charge on any atom is 0.310 e. The summed E-state index contributed by atoms with van der Waals surface area (Å²) in [5.74, 6) is -1.18. The van der Waals surface area contributed by atoms with Gasteiger partial charge in [-0.2, -0.15) is 0 Å². The van der Waals surface area contributed by atoms with Gasteiger partial charge in [0.15, 0.2) is 6.10 Å². The minimum absolute atomic E-state index is 0.0679. The van der Waals surface area contributed by atoms with Crippen molar-refractivity contribution in [1.82, 2.24) is 0 Å². The van der Waals surface area contributed by atoms with E-state index < -0.39 is 12.1 Å². The van der Waals surface area contributed by atoms with E-state index in [-0.39, 0.29) is 44.4 Å². The molecule has 0 radical (unpaired) electrons. The summed E-state index contributed by atoms with van der Waals surface area (Å²) in [6.07, 6.45) is 101. The van der Waals surface area contributed by atoms with Crippen LogP contribution in [0.25, 0.3) is 0 Å². The second-order valence-electron chi connectivity index (χ2n) is 18.8. The monoisotopic (exact) mass is 1080 g/mol. The van der Waals surface area contributed by atoms with E-state index in [9.17, 15) is 14.4 Å². The molecule has 0 aliphatic carbocycles. The lowest BCUT2D eigenvalue weighted by Gasteiger charge is -2.18. The highest BCUT2D eigenvalue weighted by Gasteiger charge is 2.19. The number of allylic oxidation sites excluding steroid dienone is 35. The van der Waals surface area contributed by atoms with Crippen LogP contribution in [0.15, 0.2) is 219 Å². The Hall–Kier alpha value is -6.27. The summed E-state index contributed by atoms with van der Waals surface area (Å²) in [6, 6.07) is 0. The third-order valence-electron chi connectivity index (χ3n) is 11.5. The molecule has 0 aliphatic rings. The summed E-state index contributed by atoms with van der Waals surface area (Å²) in [5, 5.41) is 0. The van der Waals surface area contributed by atoms with Crippen LogP contribution in [0.1, 0.15) is 201 Å². The molecule has 0 rings (SSSR count). The van der Waals surface area contributed by atoms with Gasteiger partial charge in [0, 0.05) is 12.8 Å². The van der Waals surface area contributed by atoms with Crippen molar-refractivity contribution in [3.05, 3.63) is 219 Å². The molecule has 79 heavy (non-hydrogen) atoms. The zero-order valence-electron chi connectivity index (χ0n) is 49.5. The first-order chi connectivity index (χ1) is 39.0. The number of carbonyl (C=O) groups excluding carboxylic acids is 3. The van der Waals surface area contributed by atoms with Gasteiger partial charge in [-0.25, -0.2) is 0 Å². The van der Waals surface area contributed by atoms with Crippen molar-refractivity contribution in [3.63, 3.8) is 0 Å². The van der Waals surface area contributed by atoms with E-state index in [1.54, 1.807) is 6.08 Å². The highest BCUT2D eigenvalue weighted by molar-refractivity contribution is 5.72. The fourth-order valence-corrected chi connectivity index (χ4v) is 7.09. The number of esters is 3. The molecule has 1 atom stereocenters. The Morgan fingerprint density at radius 1 is 0.266 bits per heavy atom. The third kappa shape index (κ3) is 62.5. The zero-order valence-corrected chi connectivity index (χ0v) is 49.5. The fraction of sp³-hybridized carbons (Fsp3) is 0.466. The normalized spacial score (nSPS) is 13.7. The zero-order chi connectivity index (χ0) is 57.1. The first kappa shape index (κ1) is 72.7. The van der Waals surface area contributed by atoms with Gasteiger partial charge in [-0.15, -0.1) is 0 Å². The molecular weight excluding hydrogens is 973 g/mol. The summed E-state index contributed by atoms with van der Waals surface area (Å²) < 4.78 is 16.7. The second kappa shape index (κ2) is 64.3. The van der Waals surface area contributed by atoms with Crippen molar-refractivity contribution in [2.24, 2.45) is 0 Å². The molecule has 0 aromatic heterocycles. The molecule has 1 unspecified atom stereocenters. The predicted molar refractivity (Wildman–Crippen MR) is 343 cm³/mol. The Balaban J connectivity index is 4.50. The topological polar surface area (TPSA) is 78.9 Å². The van der Waals surface area contributed by atoms with Gasteiger partial charge in [0.2, 0.25) is 0 Å². The maximum absolute atomic E-state index is 12.8. The van der Waals surface area contributed by atoms with Crippen molar-refractivity contribution >= 4 is 17.9 Å². The number of carbonyl (C=O) groups is 3. The number of hydrogen-bond acceptors (Lipinski definition) is 6. The molecular formula is C73H106O6. The molecule has 434 valence electrons. The molecule has 0 N–H and O–H groups in total. The Bertz CT molecular complexity index is 2010. The molecule has 0 saturated carbocycles. The summed E-state index contributed by atoms with van der Waals surface area (Å²) in [6.45, 7) is 6.11. The third-order valence-corrected chi connectivity index (χ3v) is 11.5. The number of hydrogen-bond donors (Lipinski definition) is 0. The van der Waals surface area contributed by atoms with Gasteiger partial charge in [-0.05, 0) is 154 Å². The lowest BCUT2D eigenvalue weighted by molar-refractivity contribution is -0.166. The summed E-state index contributed by atoms with van der Waals surface area (Å²) >= 11 is 0. The van der Waals surface area contributed by atoms with E-state index in [0.717, 1.165) is 148 Å². The van der Waals surface area contributed by atoms with E-state index in [2.05, 4.69) is 227 Å². The van der Waals surface area contributed by atoms with Gasteiger partial charge < -0.3 is 14.2 Å². The van der Waals surface area contributed by atoms with Gasteiger partial charge in [-0.3, -0.25) is 14.4 Å². The van der Waals surface area contributed by atoms with Gasteiger partial charge in [0.05, 0.1) is 6.42 Å². The van der Waals surface area contributed by atoms with Crippen LogP contribution < -0.4 is 0 Å². The van der Waals surface area contributed by atoms with Gasteiger partial charge in [0.1, 0.15) is 13.2 Å². The van der Waals surface area contributed by atoms with Crippen LogP contribution in [0.5, 0.6) is 0 Å². The molecule has 0 aliphatic heterocycles. The Morgan fingerprint density at radius 3 is 0.772 bits per heavy atom. The number of rotatable bonds is 51. The molecule has 6 nitrogen and oxygen atoms in total. The molecule has 0 fully saturated rings. The van der Waals surface area contributed by atoms with Crippen LogP contribution >= 0.6 is 0 Å². The van der Waals surface area contributed by atoms with Crippen molar-refractivity contribution in [2.45, 2.75) is 207 Å². The average molecular weight is 1080 g/mol. The van der Waals surface area contributed by atoms with Crippen LogP contribution in [0.3, 0.4) is 0 Å². The Kier molecular flexibility index (Phi) is 59.2. The predicted octanol–water partition coefficient (Wildman–Crippen LogP) is 21.0. The number of ether oxygens (including phenoxy) is 3. The SMILES string of the molecule is CC/C=C\C/C=C\C/C=C\C/C=C\C/C=C\C/C=C\C/C=C\C/C=C\C/C=C\C/C=C\CCCCC(=O)OCC(COC(=O)CCCCC/C=C\C/C=C\C/C=C\CC)OC(=O)C/C=C\C/C=C\C/C=C\C/C=C\C/C=C\CC. The lowest BCUT2D eigenvalue weighted by Crippen LogP contribution is -2.30. The summed E-state index contributed by atoms with van der Waals surface area (Å²) in [5.41, 5.74) is 0. The lowest BCUT2D eigenvalue weighted by atomic mass is 10.1. The molecule has 0 spiro atoms. The quantitative estimate of drug-likeness (QED) is 0.0261. The molecule has 0 saturated heterocycles. The first-order valence-corrected chi connectivity index (χ1v) is 30.2. The van der Waals surface area contributed by atoms with E-state index in [0.29, 0.717) is 12.8 Å². The highest BCUT2D eigenvalue weighted by Crippen LogP contribution is 2.10. The maximum atomic E-state index is 12.8. The minimum Gasteiger partial charge on any atom is -0.462 e. The average Bonchev–Trinajstić information content (AvgIpc) is 3.45. The smallest absolute Gasteiger partial charge is 0.310 e. The van der Waals surface area contributed by atoms with E-state index >= 15 is 0 Å². The largest absolute Gasteiger partial charge is 0.462 e. The van der Waals surface area contributed by atoms with Crippen LogP contribution in [0.2, 0.25) is 0 Å². The van der Waals surface area contributed by atoms with Crippen molar-refractivity contribution in [1.29, 1.82) is 0 Å². The Labute approximate surface area is 482 Å². The molecule has 0 amide bonds. The minimum atomic E-state index is -0.877. The van der Waals surface area contributed by atoms with Crippen LogP contribution in [-0.2, 0) is 28.6 Å². The highest BCUT2D eigenvalue weighted by atomic mass is 16.6. The second-order valence-corrected chi connectivity index (χ2v) is 18.8. The van der Waals surface area contributed by atoms with E-state index in [1.165, 1.54) is 0 Å². The summed E-state index contributed by atoms with van der Waals surface area (Å²) in [4.78, 5) is 38.1. The van der Waals surface area contributed by atoms with E-state index in [4.69, 9.17) is 14.2 Å². The van der Waals surface area contributed by atoms with Crippen LogP contribution in [0.4, 0.5) is 0 Å². The van der Waals surface area contributed by atoms with Gasteiger partial charge in [0.25, 0.3) is 0 Å². The van der Waals surface area contributed by atoms with Crippen LogP contribution in [-0.4, -0.2) is 37.2 Å². The van der Waals surface area contributed by atoms with Crippen molar-refractivity contribution < 1.29 is 28.6 Å². The number of unbranched alkanes of at least 4 members (excludes halogenated alkanes) is 5. The summed E-state index contributed by atoms with van der Waals surface area (Å²) in [7, 11) is 0. The Morgan fingerprint density at radius 2 is 0.494 bits per heavy atom.